The fourth-order valence-electron chi connectivity index (χ4n) is 2.43. The van der Waals surface area contributed by atoms with Crippen molar-refractivity contribution < 1.29 is 9.72 Å². The molecule has 1 aromatic carbocycles. The van der Waals surface area contributed by atoms with Crippen LogP contribution >= 0.6 is 12.4 Å². The third-order valence-corrected chi connectivity index (χ3v) is 3.69. The Kier molecular flexibility index (Phi) is 5.75. The summed E-state index contributed by atoms with van der Waals surface area (Å²) in [7, 11) is 1.64. The van der Waals surface area contributed by atoms with Crippen LogP contribution in [0.4, 0.5) is 5.82 Å². The highest BCUT2D eigenvalue weighted by Crippen LogP contribution is 2.22. The van der Waals surface area contributed by atoms with E-state index in [4.69, 9.17) is 11.1 Å². The molecule has 2 aromatic heterocycles. The van der Waals surface area contributed by atoms with Gasteiger partial charge in [-0.05, 0) is 28.1 Å². The molecule has 0 fully saturated rings. The van der Waals surface area contributed by atoms with Crippen molar-refractivity contribution in [3.8, 4) is 11.6 Å². The lowest BCUT2D eigenvalue weighted by molar-refractivity contribution is -0.389. The largest absolute Gasteiger partial charge is 0.388 e. The Morgan fingerprint density at radius 1 is 1.44 bits per heavy atom. The summed E-state index contributed by atoms with van der Waals surface area (Å²) in [6, 6.07) is 4.93. The molecule has 1 amide bonds. The van der Waals surface area contributed by atoms with Crippen LogP contribution in [-0.2, 0) is 7.05 Å². The molecule has 0 aliphatic carbocycles. The number of aryl methyl sites for hydroxylation is 1. The number of halogens is 1. The van der Waals surface area contributed by atoms with Crippen LogP contribution in [0.5, 0.6) is 0 Å². The lowest BCUT2D eigenvalue weighted by Gasteiger charge is -2.04. The van der Waals surface area contributed by atoms with Gasteiger partial charge in [0.1, 0.15) is 6.20 Å². The molecular formula is C15H17ClN8O3. The molecule has 2 heterocycles. The Morgan fingerprint density at radius 2 is 2.19 bits per heavy atom. The number of hydrogen-bond donors (Lipinski definition) is 4. The van der Waals surface area contributed by atoms with Crippen molar-refractivity contribution in [3.63, 3.8) is 0 Å². The summed E-state index contributed by atoms with van der Waals surface area (Å²) in [4.78, 5) is 33.7. The highest BCUT2D eigenvalue weighted by molar-refractivity contribution is 5.97. The van der Waals surface area contributed by atoms with E-state index in [1.165, 1.54) is 10.8 Å². The summed E-state index contributed by atoms with van der Waals surface area (Å²) < 4.78 is 1.51. The number of benzene rings is 1. The van der Waals surface area contributed by atoms with Gasteiger partial charge in [0.2, 0.25) is 5.82 Å². The van der Waals surface area contributed by atoms with E-state index in [9.17, 15) is 14.9 Å². The Balaban J connectivity index is 0.00000261. The number of amides is 1. The van der Waals surface area contributed by atoms with Gasteiger partial charge in [-0.1, -0.05) is 0 Å². The molecule has 0 bridgehead atoms. The van der Waals surface area contributed by atoms with Crippen LogP contribution in [0, 0.1) is 15.5 Å². The van der Waals surface area contributed by atoms with Crippen LogP contribution < -0.4 is 11.1 Å². The molecule has 3 rings (SSSR count). The van der Waals surface area contributed by atoms with Crippen LogP contribution in [0.1, 0.15) is 16.8 Å². The molecule has 0 radical (unpaired) electrons. The average molecular weight is 393 g/mol. The molecule has 12 heteroatoms. The number of nitro groups is 1. The van der Waals surface area contributed by atoms with Gasteiger partial charge in [-0.3, -0.25) is 10.2 Å². The molecule has 0 unspecified atom stereocenters. The van der Waals surface area contributed by atoms with E-state index in [0.29, 0.717) is 28.2 Å². The van der Waals surface area contributed by atoms with E-state index < -0.39 is 4.92 Å². The standard InChI is InChI=1S/C15H16N8O3.ClH/c1-22-7-12(23(25)26)21-14(22)13-19-9-3-2-8(6-10(9)20-13)15(24)18-5-4-11(16)17;/h2-3,6-7H,4-5H2,1H3,(H3,16,17)(H,18,24)(H,19,20);1H. The normalized spacial score (nSPS) is 10.4. The number of carbonyl (C=O) groups excluding carboxylic acids is 1. The van der Waals surface area contributed by atoms with Gasteiger partial charge in [-0.15, -0.1) is 12.4 Å². The first-order valence-corrected chi connectivity index (χ1v) is 7.64. The molecule has 27 heavy (non-hydrogen) atoms. The third-order valence-electron chi connectivity index (χ3n) is 3.69. The lowest BCUT2D eigenvalue weighted by Crippen LogP contribution is -2.27. The molecule has 0 aliphatic heterocycles. The molecule has 0 saturated carbocycles. The maximum atomic E-state index is 12.1. The Hall–Kier alpha value is -3.47. The van der Waals surface area contributed by atoms with E-state index in [2.05, 4.69) is 20.3 Å². The van der Waals surface area contributed by atoms with E-state index in [-0.39, 0.29) is 42.9 Å². The maximum absolute atomic E-state index is 12.1. The number of imidazole rings is 2. The second-order valence-corrected chi connectivity index (χ2v) is 5.64. The lowest BCUT2D eigenvalue weighted by atomic mass is 10.2. The average Bonchev–Trinajstić information content (AvgIpc) is 3.16. The highest BCUT2D eigenvalue weighted by Gasteiger charge is 2.21. The Labute approximate surface area is 159 Å². The number of nitrogens with zero attached hydrogens (tertiary/aromatic N) is 4. The number of H-pyrrole nitrogens is 1. The first-order chi connectivity index (χ1) is 12.3. The second kappa shape index (κ2) is 7.83. The maximum Gasteiger partial charge on any atom is 0.382 e. The zero-order valence-corrected chi connectivity index (χ0v) is 15.0. The van der Waals surface area contributed by atoms with Gasteiger partial charge in [-0.2, -0.15) is 0 Å². The smallest absolute Gasteiger partial charge is 0.382 e. The van der Waals surface area contributed by atoms with E-state index in [1.807, 2.05) is 0 Å². The quantitative estimate of drug-likeness (QED) is 0.213. The molecule has 0 aliphatic rings. The van der Waals surface area contributed by atoms with Crippen LogP contribution in [0.15, 0.2) is 24.4 Å². The molecular weight excluding hydrogens is 376 g/mol. The minimum atomic E-state index is -0.574. The zero-order chi connectivity index (χ0) is 18.8. The van der Waals surface area contributed by atoms with Crippen LogP contribution in [0.3, 0.4) is 0 Å². The molecule has 0 spiro atoms. The predicted molar refractivity (Wildman–Crippen MR) is 101 cm³/mol. The van der Waals surface area contributed by atoms with Crippen molar-refractivity contribution in [3.05, 3.63) is 40.1 Å². The zero-order valence-electron chi connectivity index (χ0n) is 14.2. The summed E-state index contributed by atoms with van der Waals surface area (Å²) in [6.07, 6.45) is 1.58. The number of amidine groups is 1. The van der Waals surface area contributed by atoms with Crippen molar-refractivity contribution in [1.29, 1.82) is 5.41 Å². The number of hydrogen-bond acceptors (Lipinski definition) is 6. The molecule has 5 N–H and O–H groups in total. The molecule has 142 valence electrons. The number of fused-ring (bicyclic) bond motifs is 1. The summed E-state index contributed by atoms with van der Waals surface area (Å²) in [5.41, 5.74) is 6.87. The van der Waals surface area contributed by atoms with Crippen molar-refractivity contribution in [2.45, 2.75) is 6.42 Å². The predicted octanol–water partition coefficient (Wildman–Crippen LogP) is 1.35. The SMILES string of the molecule is Cl.Cn1cc([N+](=O)[O-])nc1-c1nc2ccc(C(=O)NCCC(=N)N)cc2[nH]1. The summed E-state index contributed by atoms with van der Waals surface area (Å²) in [5.74, 6) is 0.124. The monoisotopic (exact) mass is 392 g/mol. The van der Waals surface area contributed by atoms with Gasteiger partial charge in [0.05, 0.1) is 16.9 Å². The number of nitrogens with two attached hydrogens (primary N) is 1. The van der Waals surface area contributed by atoms with Crippen molar-refractivity contribution >= 4 is 41.0 Å². The van der Waals surface area contributed by atoms with Crippen LogP contribution in [-0.4, -0.2) is 42.7 Å². The third kappa shape index (κ3) is 4.20. The fraction of sp³-hybridized carbons (Fsp3) is 0.200. The minimum absolute atomic E-state index is 0. The number of aromatic amines is 1. The summed E-state index contributed by atoms with van der Waals surface area (Å²) >= 11 is 0. The molecule has 11 nitrogen and oxygen atoms in total. The van der Waals surface area contributed by atoms with E-state index >= 15 is 0 Å². The first kappa shape index (κ1) is 19.8. The number of rotatable bonds is 6. The Morgan fingerprint density at radius 3 is 2.81 bits per heavy atom. The summed E-state index contributed by atoms with van der Waals surface area (Å²) in [6.45, 7) is 0.275. The van der Waals surface area contributed by atoms with Gasteiger partial charge < -0.3 is 30.7 Å². The van der Waals surface area contributed by atoms with Gasteiger partial charge >= 0.3 is 5.82 Å². The highest BCUT2D eigenvalue weighted by atomic mass is 35.5. The first-order valence-electron chi connectivity index (χ1n) is 7.64. The van der Waals surface area contributed by atoms with Gasteiger partial charge in [0, 0.05) is 25.6 Å². The van der Waals surface area contributed by atoms with Crippen LogP contribution in [0.2, 0.25) is 0 Å². The van der Waals surface area contributed by atoms with Gasteiger partial charge in [0.15, 0.2) is 0 Å². The van der Waals surface area contributed by atoms with E-state index in [0.717, 1.165) is 0 Å². The molecule has 0 saturated heterocycles. The van der Waals surface area contributed by atoms with Gasteiger partial charge in [-0.25, -0.2) is 4.98 Å². The van der Waals surface area contributed by atoms with Crippen LogP contribution in [0.25, 0.3) is 22.7 Å². The van der Waals surface area contributed by atoms with E-state index in [1.54, 1.807) is 25.2 Å². The molecule has 0 atom stereocenters. The number of aromatic nitrogens is 4. The fourth-order valence-corrected chi connectivity index (χ4v) is 2.43. The van der Waals surface area contributed by atoms with Crippen molar-refractivity contribution in [2.75, 3.05) is 6.54 Å². The summed E-state index contributed by atoms with van der Waals surface area (Å²) in [5, 5.41) is 20.7. The molecule has 3 aromatic rings. The van der Waals surface area contributed by atoms with Gasteiger partial charge in [0.25, 0.3) is 11.7 Å². The van der Waals surface area contributed by atoms with Crippen molar-refractivity contribution in [2.24, 2.45) is 12.8 Å². The second-order valence-electron chi connectivity index (χ2n) is 5.64. The van der Waals surface area contributed by atoms with Crippen molar-refractivity contribution in [1.82, 2.24) is 24.8 Å². The number of carbonyl (C=O) groups is 1. The minimum Gasteiger partial charge on any atom is -0.388 e. The Bertz CT molecular complexity index is 1030. The number of nitrogens with one attached hydrogen (secondary N) is 3. The topological polar surface area (TPSA) is 169 Å².